The van der Waals surface area contributed by atoms with Crippen molar-refractivity contribution in [3.8, 4) is 0 Å². The van der Waals surface area contributed by atoms with Gasteiger partial charge < -0.3 is 4.90 Å². The molecule has 0 spiro atoms. The number of aryl methyl sites for hydroxylation is 1. The second kappa shape index (κ2) is 5.12. The first-order valence-electron chi connectivity index (χ1n) is 4.94. The van der Waals surface area contributed by atoms with Gasteiger partial charge in [-0.1, -0.05) is 18.5 Å². The lowest BCUT2D eigenvalue weighted by Crippen LogP contribution is -2.27. The van der Waals surface area contributed by atoms with Gasteiger partial charge in [-0.2, -0.15) is 0 Å². The molecule has 0 aliphatic carbocycles. The van der Waals surface area contributed by atoms with Crippen molar-refractivity contribution in [3.63, 3.8) is 0 Å². The fourth-order valence-corrected chi connectivity index (χ4v) is 1.61. The molecule has 0 bridgehead atoms. The monoisotopic (exact) mass is 226 g/mol. The van der Waals surface area contributed by atoms with Crippen LogP contribution in [0.15, 0.2) is 12.3 Å². The van der Waals surface area contributed by atoms with Crippen molar-refractivity contribution in [3.05, 3.63) is 28.5 Å². The van der Waals surface area contributed by atoms with E-state index < -0.39 is 0 Å². The Bertz CT molecular complexity index is 366. The normalized spacial score (nSPS) is 10.1. The molecule has 1 aromatic heterocycles. The second-order valence-electron chi connectivity index (χ2n) is 3.53. The highest BCUT2D eigenvalue weighted by atomic mass is 35.5. The summed E-state index contributed by atoms with van der Waals surface area (Å²) in [6, 6.07) is 1.70. The Morgan fingerprint density at radius 1 is 1.60 bits per heavy atom. The molecule has 0 aliphatic rings. The summed E-state index contributed by atoms with van der Waals surface area (Å²) < 4.78 is 0. The molecule has 0 aromatic carbocycles. The van der Waals surface area contributed by atoms with Gasteiger partial charge >= 0.3 is 0 Å². The van der Waals surface area contributed by atoms with Crippen molar-refractivity contribution >= 4 is 17.5 Å². The zero-order valence-electron chi connectivity index (χ0n) is 9.25. The second-order valence-corrected chi connectivity index (χ2v) is 3.94. The fraction of sp³-hybridized carbons (Fsp3) is 0.455. The molecular weight excluding hydrogens is 212 g/mol. The van der Waals surface area contributed by atoms with Crippen LogP contribution in [0.2, 0.25) is 5.02 Å². The molecular formula is C11H15ClN2O. The number of hydrogen-bond donors (Lipinski definition) is 0. The van der Waals surface area contributed by atoms with Gasteiger partial charge in [-0.25, -0.2) is 0 Å². The smallest absolute Gasteiger partial charge is 0.256 e. The van der Waals surface area contributed by atoms with Crippen molar-refractivity contribution in [2.75, 3.05) is 13.6 Å². The van der Waals surface area contributed by atoms with E-state index in [4.69, 9.17) is 11.6 Å². The number of carbonyl (C=O) groups is 1. The zero-order chi connectivity index (χ0) is 11.4. The van der Waals surface area contributed by atoms with Crippen molar-refractivity contribution in [2.45, 2.75) is 20.3 Å². The summed E-state index contributed by atoms with van der Waals surface area (Å²) >= 11 is 5.98. The quantitative estimate of drug-likeness (QED) is 0.794. The molecule has 0 aliphatic heterocycles. The van der Waals surface area contributed by atoms with Gasteiger partial charge in [0.1, 0.15) is 0 Å². The summed E-state index contributed by atoms with van der Waals surface area (Å²) in [6.45, 7) is 4.59. The lowest BCUT2D eigenvalue weighted by Gasteiger charge is -2.16. The Kier molecular flexibility index (Phi) is 4.09. The van der Waals surface area contributed by atoms with Crippen LogP contribution in [0.25, 0.3) is 0 Å². The first-order valence-corrected chi connectivity index (χ1v) is 5.31. The minimum atomic E-state index is -0.0747. The Balaban J connectivity index is 2.91. The average Bonchev–Trinajstić information content (AvgIpc) is 2.17. The van der Waals surface area contributed by atoms with Gasteiger partial charge in [0.05, 0.1) is 10.6 Å². The number of amides is 1. The SMILES string of the molecule is CCCN(C)C(=O)c1cnc(C)cc1Cl. The lowest BCUT2D eigenvalue weighted by atomic mass is 10.2. The highest BCUT2D eigenvalue weighted by molar-refractivity contribution is 6.33. The van der Waals surface area contributed by atoms with Gasteiger partial charge in [-0.3, -0.25) is 9.78 Å². The van der Waals surface area contributed by atoms with Gasteiger partial charge in [0, 0.05) is 25.5 Å². The molecule has 1 heterocycles. The molecule has 3 nitrogen and oxygen atoms in total. The molecule has 0 N–H and O–H groups in total. The van der Waals surface area contributed by atoms with Crippen molar-refractivity contribution in [1.82, 2.24) is 9.88 Å². The third-order valence-corrected chi connectivity index (χ3v) is 2.44. The van der Waals surface area contributed by atoms with E-state index >= 15 is 0 Å². The number of aromatic nitrogens is 1. The molecule has 1 aromatic rings. The maximum absolute atomic E-state index is 11.9. The molecule has 0 saturated heterocycles. The summed E-state index contributed by atoms with van der Waals surface area (Å²) in [5.41, 5.74) is 1.29. The van der Waals surface area contributed by atoms with E-state index in [-0.39, 0.29) is 5.91 Å². The van der Waals surface area contributed by atoms with E-state index in [0.29, 0.717) is 10.6 Å². The molecule has 15 heavy (non-hydrogen) atoms. The van der Waals surface area contributed by atoms with E-state index in [1.807, 2.05) is 13.8 Å². The molecule has 0 radical (unpaired) electrons. The number of carbonyl (C=O) groups excluding carboxylic acids is 1. The first-order chi connectivity index (χ1) is 7.06. The average molecular weight is 227 g/mol. The van der Waals surface area contributed by atoms with Crippen LogP contribution in [0.1, 0.15) is 29.4 Å². The zero-order valence-corrected chi connectivity index (χ0v) is 10.0. The van der Waals surface area contributed by atoms with Crippen LogP contribution in [0.4, 0.5) is 0 Å². The molecule has 0 atom stereocenters. The van der Waals surface area contributed by atoms with Crippen LogP contribution >= 0.6 is 11.6 Å². The Morgan fingerprint density at radius 3 is 2.80 bits per heavy atom. The van der Waals surface area contributed by atoms with E-state index in [1.165, 1.54) is 6.20 Å². The number of hydrogen-bond acceptors (Lipinski definition) is 2. The van der Waals surface area contributed by atoms with E-state index in [2.05, 4.69) is 4.98 Å². The van der Waals surface area contributed by atoms with Crippen LogP contribution in [0.3, 0.4) is 0 Å². The predicted octanol–water partition coefficient (Wildman–Crippen LogP) is 2.53. The van der Waals surface area contributed by atoms with Crippen LogP contribution < -0.4 is 0 Å². The largest absolute Gasteiger partial charge is 0.342 e. The van der Waals surface area contributed by atoms with Crippen LogP contribution in [-0.2, 0) is 0 Å². The summed E-state index contributed by atoms with van der Waals surface area (Å²) in [5, 5.41) is 0.468. The highest BCUT2D eigenvalue weighted by Gasteiger charge is 2.14. The summed E-state index contributed by atoms with van der Waals surface area (Å²) in [5.74, 6) is -0.0747. The standard InChI is InChI=1S/C11H15ClN2O/c1-4-5-14(3)11(15)9-7-13-8(2)6-10(9)12/h6-7H,4-5H2,1-3H3. The topological polar surface area (TPSA) is 33.2 Å². The maximum Gasteiger partial charge on any atom is 0.256 e. The number of nitrogens with zero attached hydrogens (tertiary/aromatic N) is 2. The molecule has 0 saturated carbocycles. The first kappa shape index (κ1) is 12.0. The predicted molar refractivity (Wildman–Crippen MR) is 61.2 cm³/mol. The fourth-order valence-electron chi connectivity index (χ4n) is 1.33. The maximum atomic E-state index is 11.9. The van der Waals surface area contributed by atoms with Gasteiger partial charge in [0.25, 0.3) is 5.91 Å². The molecule has 4 heteroatoms. The molecule has 0 fully saturated rings. The van der Waals surface area contributed by atoms with Crippen LogP contribution in [-0.4, -0.2) is 29.4 Å². The Labute approximate surface area is 95.1 Å². The van der Waals surface area contributed by atoms with E-state index in [0.717, 1.165) is 18.7 Å². The van der Waals surface area contributed by atoms with Crippen molar-refractivity contribution < 1.29 is 4.79 Å². The number of pyridine rings is 1. The lowest BCUT2D eigenvalue weighted by molar-refractivity contribution is 0.0795. The van der Waals surface area contributed by atoms with Crippen molar-refractivity contribution in [1.29, 1.82) is 0 Å². The number of rotatable bonds is 3. The van der Waals surface area contributed by atoms with Crippen LogP contribution in [0.5, 0.6) is 0 Å². The van der Waals surface area contributed by atoms with E-state index in [9.17, 15) is 4.79 Å². The van der Waals surface area contributed by atoms with Gasteiger partial charge in [0.15, 0.2) is 0 Å². The molecule has 82 valence electrons. The summed E-state index contributed by atoms with van der Waals surface area (Å²) in [4.78, 5) is 17.6. The van der Waals surface area contributed by atoms with Gasteiger partial charge in [-0.05, 0) is 19.4 Å². The summed E-state index contributed by atoms with van der Waals surface area (Å²) in [7, 11) is 1.77. The Morgan fingerprint density at radius 2 is 2.27 bits per heavy atom. The van der Waals surface area contributed by atoms with Crippen LogP contribution in [0, 0.1) is 6.92 Å². The third-order valence-electron chi connectivity index (χ3n) is 2.13. The molecule has 0 unspecified atom stereocenters. The molecule has 1 rings (SSSR count). The van der Waals surface area contributed by atoms with Crippen molar-refractivity contribution in [2.24, 2.45) is 0 Å². The van der Waals surface area contributed by atoms with Gasteiger partial charge in [0.2, 0.25) is 0 Å². The van der Waals surface area contributed by atoms with Gasteiger partial charge in [-0.15, -0.1) is 0 Å². The highest BCUT2D eigenvalue weighted by Crippen LogP contribution is 2.17. The minimum Gasteiger partial charge on any atom is -0.342 e. The number of halogens is 1. The minimum absolute atomic E-state index is 0.0747. The van der Waals surface area contributed by atoms with E-state index in [1.54, 1.807) is 18.0 Å². The third kappa shape index (κ3) is 2.93. The summed E-state index contributed by atoms with van der Waals surface area (Å²) in [6.07, 6.45) is 2.46. The molecule has 1 amide bonds. The Hall–Kier alpha value is -1.09.